The standard InChI is InChI=1S/C16H16ClNO4/c1-19-11-7-10-12(16(22-4)15(11)21-3)8-5-6-9(17)14(20-2)13(8)18-10/h5-7,18H,1-4H3. The lowest BCUT2D eigenvalue weighted by Crippen LogP contribution is -1.95. The molecule has 116 valence electrons. The monoisotopic (exact) mass is 321 g/mol. The molecule has 1 aromatic heterocycles. The van der Waals surface area contributed by atoms with E-state index in [4.69, 9.17) is 30.5 Å². The fourth-order valence-electron chi connectivity index (χ4n) is 2.75. The number of nitrogens with one attached hydrogen (secondary N) is 1. The molecule has 1 heterocycles. The van der Waals surface area contributed by atoms with Crippen LogP contribution in [0.3, 0.4) is 0 Å². The fourth-order valence-corrected chi connectivity index (χ4v) is 2.98. The van der Waals surface area contributed by atoms with Gasteiger partial charge in [0.2, 0.25) is 5.75 Å². The molecule has 3 rings (SSSR count). The van der Waals surface area contributed by atoms with Gasteiger partial charge in [-0.3, -0.25) is 0 Å². The molecule has 0 radical (unpaired) electrons. The quantitative estimate of drug-likeness (QED) is 0.789. The Kier molecular flexibility index (Phi) is 3.66. The van der Waals surface area contributed by atoms with Crippen LogP contribution < -0.4 is 18.9 Å². The molecule has 3 aromatic rings. The summed E-state index contributed by atoms with van der Waals surface area (Å²) in [6.07, 6.45) is 0. The summed E-state index contributed by atoms with van der Waals surface area (Å²) in [5, 5.41) is 2.37. The Labute approximate surface area is 132 Å². The Morgan fingerprint density at radius 2 is 1.55 bits per heavy atom. The number of aromatic nitrogens is 1. The van der Waals surface area contributed by atoms with E-state index in [0.717, 1.165) is 21.8 Å². The van der Waals surface area contributed by atoms with Gasteiger partial charge in [0, 0.05) is 11.5 Å². The van der Waals surface area contributed by atoms with E-state index in [9.17, 15) is 0 Å². The van der Waals surface area contributed by atoms with Crippen LogP contribution in [0.1, 0.15) is 0 Å². The van der Waals surface area contributed by atoms with Crippen LogP contribution >= 0.6 is 11.6 Å². The first-order chi connectivity index (χ1) is 10.7. The first-order valence-electron chi connectivity index (χ1n) is 6.63. The number of rotatable bonds is 4. The van der Waals surface area contributed by atoms with Crippen LogP contribution in [0.15, 0.2) is 18.2 Å². The first-order valence-corrected chi connectivity index (χ1v) is 7.00. The highest BCUT2D eigenvalue weighted by Crippen LogP contribution is 2.47. The molecule has 22 heavy (non-hydrogen) atoms. The van der Waals surface area contributed by atoms with Gasteiger partial charge >= 0.3 is 0 Å². The van der Waals surface area contributed by atoms with Crippen molar-refractivity contribution >= 4 is 33.4 Å². The van der Waals surface area contributed by atoms with E-state index in [2.05, 4.69) is 4.98 Å². The summed E-state index contributed by atoms with van der Waals surface area (Å²) < 4.78 is 21.8. The molecule has 5 nitrogen and oxygen atoms in total. The zero-order valence-electron chi connectivity index (χ0n) is 12.7. The van der Waals surface area contributed by atoms with Crippen LogP contribution in [0, 0.1) is 0 Å². The number of halogens is 1. The van der Waals surface area contributed by atoms with E-state index in [-0.39, 0.29) is 0 Å². The minimum absolute atomic E-state index is 0.541. The number of fused-ring (bicyclic) bond motifs is 3. The van der Waals surface area contributed by atoms with Crippen molar-refractivity contribution in [2.24, 2.45) is 0 Å². The van der Waals surface area contributed by atoms with Gasteiger partial charge in [-0.25, -0.2) is 0 Å². The number of methoxy groups -OCH3 is 4. The molecule has 0 aliphatic rings. The molecule has 0 aliphatic carbocycles. The van der Waals surface area contributed by atoms with Crippen LogP contribution in [0.2, 0.25) is 5.02 Å². The van der Waals surface area contributed by atoms with Crippen molar-refractivity contribution < 1.29 is 18.9 Å². The minimum Gasteiger partial charge on any atom is -0.493 e. The molecule has 1 N–H and O–H groups in total. The third kappa shape index (κ3) is 1.93. The maximum absolute atomic E-state index is 6.20. The molecule has 0 saturated carbocycles. The summed E-state index contributed by atoms with van der Waals surface area (Å²) in [5.74, 6) is 2.33. The van der Waals surface area contributed by atoms with Gasteiger partial charge in [0.15, 0.2) is 17.2 Å². The fraction of sp³-hybridized carbons (Fsp3) is 0.250. The summed E-state index contributed by atoms with van der Waals surface area (Å²) in [7, 11) is 6.36. The maximum atomic E-state index is 6.20. The van der Waals surface area contributed by atoms with E-state index in [1.165, 1.54) is 0 Å². The molecular formula is C16H16ClNO4. The molecule has 0 atom stereocenters. The average Bonchev–Trinajstić information content (AvgIpc) is 2.90. The summed E-state index contributed by atoms with van der Waals surface area (Å²) in [6, 6.07) is 5.59. The highest BCUT2D eigenvalue weighted by atomic mass is 35.5. The van der Waals surface area contributed by atoms with Crippen molar-refractivity contribution in [1.29, 1.82) is 0 Å². The van der Waals surface area contributed by atoms with Gasteiger partial charge in [-0.2, -0.15) is 0 Å². The molecule has 6 heteroatoms. The Balaban J connectivity index is 2.51. The number of hydrogen-bond acceptors (Lipinski definition) is 4. The minimum atomic E-state index is 0.541. The number of H-pyrrole nitrogens is 1. The highest BCUT2D eigenvalue weighted by molar-refractivity contribution is 6.33. The average molecular weight is 322 g/mol. The van der Waals surface area contributed by atoms with E-state index in [0.29, 0.717) is 28.0 Å². The first kappa shape index (κ1) is 14.7. The van der Waals surface area contributed by atoms with Crippen molar-refractivity contribution in [3.8, 4) is 23.0 Å². The molecule has 0 fully saturated rings. The third-order valence-electron chi connectivity index (χ3n) is 3.67. The topological polar surface area (TPSA) is 52.7 Å². The van der Waals surface area contributed by atoms with Gasteiger partial charge < -0.3 is 23.9 Å². The molecule has 0 unspecified atom stereocenters. The van der Waals surface area contributed by atoms with Crippen LogP contribution in [-0.2, 0) is 0 Å². The van der Waals surface area contributed by atoms with Gasteiger partial charge in [-0.15, -0.1) is 0 Å². The largest absolute Gasteiger partial charge is 0.493 e. The Morgan fingerprint density at radius 1 is 0.864 bits per heavy atom. The molecule has 0 saturated heterocycles. The molecule has 2 aromatic carbocycles. The van der Waals surface area contributed by atoms with Crippen molar-refractivity contribution in [3.05, 3.63) is 23.2 Å². The van der Waals surface area contributed by atoms with Crippen LogP contribution in [-0.4, -0.2) is 33.4 Å². The lowest BCUT2D eigenvalue weighted by molar-refractivity contribution is 0.327. The molecule has 0 spiro atoms. The summed E-state index contributed by atoms with van der Waals surface area (Å²) in [4.78, 5) is 3.31. The molecule has 0 bridgehead atoms. The van der Waals surface area contributed by atoms with Gasteiger partial charge in [0.1, 0.15) is 0 Å². The number of aromatic amines is 1. The van der Waals surface area contributed by atoms with Crippen molar-refractivity contribution in [2.75, 3.05) is 28.4 Å². The van der Waals surface area contributed by atoms with E-state index in [1.54, 1.807) is 34.5 Å². The van der Waals surface area contributed by atoms with E-state index < -0.39 is 0 Å². The third-order valence-corrected chi connectivity index (χ3v) is 3.97. The Bertz CT molecular complexity index is 857. The van der Waals surface area contributed by atoms with Crippen LogP contribution in [0.25, 0.3) is 21.8 Å². The molecule has 0 aliphatic heterocycles. The zero-order chi connectivity index (χ0) is 15.9. The lowest BCUT2D eigenvalue weighted by atomic mass is 10.1. The van der Waals surface area contributed by atoms with Gasteiger partial charge in [-0.05, 0) is 6.07 Å². The summed E-state index contributed by atoms with van der Waals surface area (Å²) >= 11 is 6.20. The van der Waals surface area contributed by atoms with Crippen molar-refractivity contribution in [1.82, 2.24) is 4.98 Å². The second kappa shape index (κ2) is 5.50. The van der Waals surface area contributed by atoms with Crippen LogP contribution in [0.4, 0.5) is 0 Å². The number of hydrogen-bond donors (Lipinski definition) is 1. The predicted molar refractivity (Wildman–Crippen MR) is 87.0 cm³/mol. The second-order valence-electron chi connectivity index (χ2n) is 4.70. The van der Waals surface area contributed by atoms with Crippen molar-refractivity contribution in [3.63, 3.8) is 0 Å². The van der Waals surface area contributed by atoms with Gasteiger partial charge in [-0.1, -0.05) is 17.7 Å². The number of benzene rings is 2. The summed E-state index contributed by atoms with van der Waals surface area (Å²) in [5.41, 5.74) is 1.66. The highest BCUT2D eigenvalue weighted by Gasteiger charge is 2.21. The smallest absolute Gasteiger partial charge is 0.204 e. The Morgan fingerprint density at radius 3 is 2.14 bits per heavy atom. The van der Waals surface area contributed by atoms with Gasteiger partial charge in [0.05, 0.1) is 49.9 Å². The maximum Gasteiger partial charge on any atom is 0.204 e. The number of ether oxygens (including phenoxy) is 4. The lowest BCUT2D eigenvalue weighted by Gasteiger charge is -2.13. The zero-order valence-corrected chi connectivity index (χ0v) is 13.5. The molecular weight excluding hydrogens is 306 g/mol. The SMILES string of the molecule is COc1cc2[nH]c3c(OC)c(Cl)ccc3c2c(OC)c1OC. The van der Waals surface area contributed by atoms with Crippen LogP contribution in [0.5, 0.6) is 23.0 Å². The summed E-state index contributed by atoms with van der Waals surface area (Å²) in [6.45, 7) is 0. The van der Waals surface area contributed by atoms with Gasteiger partial charge in [0.25, 0.3) is 0 Å². The van der Waals surface area contributed by atoms with E-state index >= 15 is 0 Å². The molecule has 0 amide bonds. The predicted octanol–water partition coefficient (Wildman–Crippen LogP) is 4.01. The normalized spacial score (nSPS) is 11.0. The Hall–Kier alpha value is -2.27. The van der Waals surface area contributed by atoms with Crippen molar-refractivity contribution in [2.45, 2.75) is 0 Å². The van der Waals surface area contributed by atoms with E-state index in [1.807, 2.05) is 12.1 Å². The second-order valence-corrected chi connectivity index (χ2v) is 5.10.